The molecule has 0 aliphatic heterocycles. The van der Waals surface area contributed by atoms with Crippen molar-refractivity contribution in [3.63, 3.8) is 0 Å². The normalized spacial score (nSPS) is 10.2. The molecule has 0 aliphatic rings. The number of hydrogen-bond acceptors (Lipinski definition) is 7. The van der Waals surface area contributed by atoms with Crippen LogP contribution in [0.4, 0.5) is 11.5 Å². The van der Waals surface area contributed by atoms with E-state index in [1.165, 1.54) is 6.20 Å². The third-order valence-electron chi connectivity index (χ3n) is 3.80. The van der Waals surface area contributed by atoms with Crippen molar-refractivity contribution in [2.45, 2.75) is 20.8 Å². The zero-order chi connectivity index (χ0) is 20.7. The van der Waals surface area contributed by atoms with Gasteiger partial charge in [-0.15, -0.1) is 0 Å². The molecule has 8 nitrogen and oxygen atoms in total. The molecule has 0 saturated carbocycles. The second-order valence-electron chi connectivity index (χ2n) is 6.14. The van der Waals surface area contributed by atoms with E-state index in [1.54, 1.807) is 18.5 Å². The van der Waals surface area contributed by atoms with Crippen molar-refractivity contribution in [1.82, 2.24) is 9.78 Å². The van der Waals surface area contributed by atoms with Crippen LogP contribution in [0.15, 0.2) is 42.1 Å². The van der Waals surface area contributed by atoms with Crippen LogP contribution < -0.4 is 10.2 Å². The molecule has 0 atom stereocenters. The number of anilines is 2. The number of nitrogens with zero attached hydrogens (tertiary/aromatic N) is 3. The van der Waals surface area contributed by atoms with Gasteiger partial charge in [0.1, 0.15) is 5.82 Å². The van der Waals surface area contributed by atoms with Gasteiger partial charge in [0, 0.05) is 32.0 Å². The molecule has 0 saturated heterocycles. The Hall–Kier alpha value is -3.29. The van der Waals surface area contributed by atoms with Gasteiger partial charge in [0.25, 0.3) is 0 Å². The monoisotopic (exact) mass is 386 g/mol. The molecule has 1 aromatic heterocycles. The summed E-state index contributed by atoms with van der Waals surface area (Å²) in [5.74, 6) is -0.889. The van der Waals surface area contributed by atoms with Crippen molar-refractivity contribution in [2.75, 3.05) is 37.5 Å². The molecule has 1 aromatic carbocycles. The van der Waals surface area contributed by atoms with E-state index in [1.807, 2.05) is 56.3 Å². The lowest BCUT2D eigenvalue weighted by Crippen LogP contribution is -2.19. The molecule has 150 valence electrons. The summed E-state index contributed by atoms with van der Waals surface area (Å²) in [7, 11) is 3.94. The summed E-state index contributed by atoms with van der Waals surface area (Å²) >= 11 is 0. The highest BCUT2D eigenvalue weighted by Gasteiger charge is 2.21. The third kappa shape index (κ3) is 5.12. The largest absolute Gasteiger partial charge is 0.462 e. The lowest BCUT2D eigenvalue weighted by Gasteiger charge is -2.13. The number of nitrogens with one attached hydrogen (secondary N) is 1. The topological polar surface area (TPSA) is 85.7 Å². The van der Waals surface area contributed by atoms with E-state index in [4.69, 9.17) is 9.47 Å². The summed E-state index contributed by atoms with van der Waals surface area (Å²) in [6.07, 6.45) is 1.29. The third-order valence-corrected chi connectivity index (χ3v) is 3.80. The Balaban J connectivity index is 2.33. The van der Waals surface area contributed by atoms with Gasteiger partial charge in [0.2, 0.25) is 0 Å². The highest BCUT2D eigenvalue weighted by atomic mass is 16.6. The van der Waals surface area contributed by atoms with Crippen molar-refractivity contribution in [2.24, 2.45) is 0 Å². The Bertz CT molecular complexity index is 834. The first-order chi connectivity index (χ1) is 13.4. The van der Waals surface area contributed by atoms with E-state index in [2.05, 4.69) is 10.4 Å². The molecule has 2 aromatic rings. The average Bonchev–Trinajstić information content (AvgIpc) is 3.03. The van der Waals surface area contributed by atoms with Crippen LogP contribution in [0.5, 0.6) is 0 Å². The minimum Gasteiger partial charge on any atom is -0.462 e. The Kier molecular flexibility index (Phi) is 7.20. The second-order valence-corrected chi connectivity index (χ2v) is 6.14. The van der Waals surface area contributed by atoms with E-state index in [9.17, 15) is 9.59 Å². The van der Waals surface area contributed by atoms with Crippen molar-refractivity contribution >= 4 is 23.4 Å². The maximum Gasteiger partial charge on any atom is 0.347 e. The van der Waals surface area contributed by atoms with Gasteiger partial charge < -0.3 is 19.7 Å². The molecule has 0 radical (unpaired) electrons. The van der Waals surface area contributed by atoms with Crippen molar-refractivity contribution in [3.8, 4) is 5.69 Å². The highest BCUT2D eigenvalue weighted by molar-refractivity contribution is 6.14. The quantitative estimate of drug-likeness (QED) is 0.323. The fourth-order valence-electron chi connectivity index (χ4n) is 2.46. The minimum atomic E-state index is -0.744. The number of ether oxygens (including phenoxy) is 2. The van der Waals surface area contributed by atoms with Crippen LogP contribution in [-0.2, 0) is 19.1 Å². The summed E-state index contributed by atoms with van der Waals surface area (Å²) in [6, 6.07) is 9.65. The number of rotatable bonds is 8. The highest BCUT2D eigenvalue weighted by Crippen LogP contribution is 2.20. The molecule has 0 unspecified atom stereocenters. The van der Waals surface area contributed by atoms with Gasteiger partial charge in [-0.25, -0.2) is 14.3 Å². The van der Waals surface area contributed by atoms with Crippen molar-refractivity contribution in [1.29, 1.82) is 0 Å². The van der Waals surface area contributed by atoms with E-state index >= 15 is 0 Å². The van der Waals surface area contributed by atoms with E-state index in [0.29, 0.717) is 5.82 Å². The number of esters is 2. The van der Waals surface area contributed by atoms with Gasteiger partial charge in [-0.1, -0.05) is 0 Å². The van der Waals surface area contributed by atoms with Crippen LogP contribution in [0.1, 0.15) is 19.5 Å². The predicted molar refractivity (Wildman–Crippen MR) is 108 cm³/mol. The summed E-state index contributed by atoms with van der Waals surface area (Å²) in [5.41, 5.74) is 2.47. The van der Waals surface area contributed by atoms with Crippen molar-refractivity contribution < 1.29 is 19.1 Å². The molecule has 1 N–H and O–H groups in total. The first-order valence-electron chi connectivity index (χ1n) is 9.02. The zero-order valence-electron chi connectivity index (χ0n) is 16.9. The van der Waals surface area contributed by atoms with Crippen LogP contribution >= 0.6 is 0 Å². The maximum absolute atomic E-state index is 12.1. The van der Waals surface area contributed by atoms with Crippen molar-refractivity contribution in [3.05, 3.63) is 47.8 Å². The number of carbonyl (C=O) groups is 2. The number of hydrogen-bond donors (Lipinski definition) is 1. The SMILES string of the molecule is CCOC(=O)C(=CNc1cc(C)nn1-c1ccc(N(C)C)cc1)C(=O)OCC. The molecular formula is C20H26N4O4. The first kappa shape index (κ1) is 21.0. The lowest BCUT2D eigenvalue weighted by atomic mass is 10.2. The summed E-state index contributed by atoms with van der Waals surface area (Å²) in [5, 5.41) is 7.45. The van der Waals surface area contributed by atoms with Gasteiger partial charge in [-0.2, -0.15) is 5.10 Å². The molecule has 0 amide bonds. The molecule has 0 fully saturated rings. The molecule has 8 heteroatoms. The Labute approximate surface area is 164 Å². The second kappa shape index (κ2) is 9.59. The fourth-order valence-corrected chi connectivity index (χ4v) is 2.46. The van der Waals surface area contributed by atoms with E-state index in [-0.39, 0.29) is 18.8 Å². The van der Waals surface area contributed by atoms with Crippen LogP contribution in [0, 0.1) is 6.92 Å². The Morgan fingerprint density at radius 1 is 1.11 bits per heavy atom. The van der Waals surface area contributed by atoms with Gasteiger partial charge >= 0.3 is 11.9 Å². The number of benzene rings is 1. The first-order valence-corrected chi connectivity index (χ1v) is 9.02. The van der Waals surface area contributed by atoms with E-state index < -0.39 is 11.9 Å². The average molecular weight is 386 g/mol. The van der Waals surface area contributed by atoms with Crippen LogP contribution in [0.3, 0.4) is 0 Å². The molecule has 28 heavy (non-hydrogen) atoms. The molecular weight excluding hydrogens is 360 g/mol. The van der Waals surface area contributed by atoms with Crippen LogP contribution in [0.2, 0.25) is 0 Å². The number of carbonyl (C=O) groups excluding carboxylic acids is 2. The lowest BCUT2D eigenvalue weighted by molar-refractivity contribution is -0.146. The van der Waals surface area contributed by atoms with Crippen LogP contribution in [0.25, 0.3) is 5.69 Å². The Morgan fingerprint density at radius 3 is 2.18 bits per heavy atom. The van der Waals surface area contributed by atoms with Gasteiger partial charge in [-0.3, -0.25) is 0 Å². The smallest absolute Gasteiger partial charge is 0.347 e. The molecule has 2 rings (SSSR count). The molecule has 1 heterocycles. The maximum atomic E-state index is 12.1. The van der Waals surface area contributed by atoms with Gasteiger partial charge in [-0.05, 0) is 45.0 Å². The summed E-state index contributed by atoms with van der Waals surface area (Å²) < 4.78 is 11.6. The minimum absolute atomic E-state index is 0.158. The summed E-state index contributed by atoms with van der Waals surface area (Å²) in [6.45, 7) is 5.51. The van der Waals surface area contributed by atoms with Gasteiger partial charge in [0.05, 0.1) is 24.6 Å². The zero-order valence-corrected chi connectivity index (χ0v) is 16.9. The fraction of sp³-hybridized carbons (Fsp3) is 0.350. The summed E-state index contributed by atoms with van der Waals surface area (Å²) in [4.78, 5) is 26.2. The van der Waals surface area contributed by atoms with Gasteiger partial charge in [0.15, 0.2) is 5.57 Å². The van der Waals surface area contributed by atoms with Crippen LogP contribution in [-0.4, -0.2) is 49.0 Å². The molecule has 0 bridgehead atoms. The molecule has 0 spiro atoms. The predicted octanol–water partition coefficient (Wildman–Crippen LogP) is 2.67. The molecule has 0 aliphatic carbocycles. The Morgan fingerprint density at radius 2 is 1.68 bits per heavy atom. The number of aromatic nitrogens is 2. The number of aryl methyl sites for hydroxylation is 1. The standard InChI is InChI=1S/C20H26N4O4/c1-6-27-19(25)17(20(26)28-7-2)13-21-18-12-14(3)22-24(18)16-10-8-15(9-11-16)23(4)5/h8-13,21H,6-7H2,1-5H3. The van der Waals surface area contributed by atoms with E-state index in [0.717, 1.165) is 17.1 Å².